The predicted molar refractivity (Wildman–Crippen MR) is 120 cm³/mol. The molecule has 1 aromatic heterocycles. The van der Waals surface area contributed by atoms with Crippen LogP contribution in [0.4, 0.5) is 10.1 Å². The quantitative estimate of drug-likeness (QED) is 0.398. The van der Waals surface area contributed by atoms with Gasteiger partial charge in [0.05, 0.1) is 12.9 Å². The Hall–Kier alpha value is -3.25. The molecule has 3 aromatic carbocycles. The molecule has 0 unspecified atom stereocenters. The molecule has 4 aromatic rings. The number of benzene rings is 3. The van der Waals surface area contributed by atoms with E-state index in [1.165, 1.54) is 17.8 Å². The Bertz CT molecular complexity index is 1190. The third-order valence-electron chi connectivity index (χ3n) is 4.71. The van der Waals surface area contributed by atoms with Gasteiger partial charge in [-0.25, -0.2) is 4.39 Å². The summed E-state index contributed by atoms with van der Waals surface area (Å²) in [5.41, 5.74) is 2.65. The van der Waals surface area contributed by atoms with Crippen LogP contribution >= 0.6 is 11.8 Å². The molecule has 1 N–H and O–H groups in total. The smallest absolute Gasteiger partial charge is 0.234 e. The Morgan fingerprint density at radius 3 is 2.73 bits per heavy atom. The highest BCUT2D eigenvalue weighted by Crippen LogP contribution is 2.31. The maximum atomic E-state index is 13.6. The lowest BCUT2D eigenvalue weighted by atomic mass is 10.2. The van der Waals surface area contributed by atoms with E-state index >= 15 is 0 Å². The zero-order valence-electron chi connectivity index (χ0n) is 16.5. The van der Waals surface area contributed by atoms with E-state index in [2.05, 4.69) is 9.88 Å². The molecule has 0 fully saturated rings. The summed E-state index contributed by atoms with van der Waals surface area (Å²) >= 11 is 1.48. The van der Waals surface area contributed by atoms with Gasteiger partial charge in [0.1, 0.15) is 11.6 Å². The molecule has 0 bridgehead atoms. The minimum Gasteiger partial charge on any atom is -0.497 e. The third-order valence-corrected chi connectivity index (χ3v) is 5.75. The van der Waals surface area contributed by atoms with Crippen molar-refractivity contribution < 1.29 is 13.9 Å². The minimum absolute atomic E-state index is 0.0878. The number of fused-ring (bicyclic) bond motifs is 1. The van der Waals surface area contributed by atoms with E-state index in [0.29, 0.717) is 18.0 Å². The average molecular weight is 421 g/mol. The van der Waals surface area contributed by atoms with Gasteiger partial charge in [0.25, 0.3) is 0 Å². The summed E-state index contributed by atoms with van der Waals surface area (Å²) < 4.78 is 20.8. The van der Waals surface area contributed by atoms with Crippen LogP contribution in [-0.4, -0.2) is 23.3 Å². The fourth-order valence-electron chi connectivity index (χ4n) is 3.33. The van der Waals surface area contributed by atoms with Crippen molar-refractivity contribution in [3.8, 4) is 5.75 Å². The Kier molecular flexibility index (Phi) is 6.05. The van der Waals surface area contributed by atoms with Crippen molar-refractivity contribution >= 4 is 34.3 Å². The molecule has 0 atom stereocenters. The van der Waals surface area contributed by atoms with Gasteiger partial charge in [0.2, 0.25) is 5.91 Å². The average Bonchev–Trinajstić information content (AvgIpc) is 3.10. The second kappa shape index (κ2) is 9.05. The highest BCUT2D eigenvalue weighted by molar-refractivity contribution is 8.00. The highest BCUT2D eigenvalue weighted by atomic mass is 32.2. The molecule has 0 radical (unpaired) electrons. The van der Waals surface area contributed by atoms with Gasteiger partial charge >= 0.3 is 0 Å². The van der Waals surface area contributed by atoms with Gasteiger partial charge in [-0.2, -0.15) is 0 Å². The van der Waals surface area contributed by atoms with E-state index in [1.807, 2.05) is 54.7 Å². The van der Waals surface area contributed by atoms with Gasteiger partial charge in [-0.05, 0) is 35.9 Å². The van der Waals surface area contributed by atoms with Crippen LogP contribution in [0.25, 0.3) is 10.9 Å². The van der Waals surface area contributed by atoms with E-state index in [9.17, 15) is 9.18 Å². The number of hydrogen-bond donors (Lipinski definition) is 1. The Labute approximate surface area is 178 Å². The van der Waals surface area contributed by atoms with Crippen molar-refractivity contribution in [3.05, 3.63) is 90.4 Å². The molecular weight excluding hydrogens is 399 g/mol. The number of anilines is 1. The molecule has 0 aliphatic carbocycles. The number of ether oxygens (including phenoxy) is 1. The van der Waals surface area contributed by atoms with Crippen molar-refractivity contribution in [2.45, 2.75) is 11.4 Å². The molecule has 152 valence electrons. The van der Waals surface area contributed by atoms with Crippen LogP contribution in [0.5, 0.6) is 5.75 Å². The molecule has 0 saturated heterocycles. The summed E-state index contributed by atoms with van der Waals surface area (Å²) in [6, 6.07) is 21.9. The summed E-state index contributed by atoms with van der Waals surface area (Å²) in [6.07, 6.45) is 2.03. The van der Waals surface area contributed by atoms with Gasteiger partial charge in [-0.3, -0.25) is 4.79 Å². The molecule has 0 saturated carbocycles. The van der Waals surface area contributed by atoms with Crippen molar-refractivity contribution in [3.63, 3.8) is 0 Å². The molecule has 6 heteroatoms. The SMILES string of the molecule is COc1cccc(NC(=O)CSc2cn(Cc3cccc(F)c3)c3ccccc23)c1. The Balaban J connectivity index is 1.49. The van der Waals surface area contributed by atoms with E-state index in [1.54, 1.807) is 25.3 Å². The Morgan fingerprint density at radius 2 is 1.90 bits per heavy atom. The molecule has 0 aliphatic rings. The van der Waals surface area contributed by atoms with Crippen molar-refractivity contribution in [1.82, 2.24) is 4.57 Å². The van der Waals surface area contributed by atoms with Crippen LogP contribution in [0, 0.1) is 5.82 Å². The zero-order chi connectivity index (χ0) is 20.9. The Morgan fingerprint density at radius 1 is 1.07 bits per heavy atom. The first kappa shape index (κ1) is 20.0. The number of halogens is 1. The largest absolute Gasteiger partial charge is 0.497 e. The van der Waals surface area contributed by atoms with E-state index < -0.39 is 0 Å². The summed E-state index contributed by atoms with van der Waals surface area (Å²) in [5, 5.41) is 3.98. The van der Waals surface area contributed by atoms with Crippen LogP contribution in [0.15, 0.2) is 83.9 Å². The lowest BCUT2D eigenvalue weighted by Gasteiger charge is -2.06. The van der Waals surface area contributed by atoms with Crippen molar-refractivity contribution in [1.29, 1.82) is 0 Å². The zero-order valence-corrected chi connectivity index (χ0v) is 17.3. The monoisotopic (exact) mass is 420 g/mol. The maximum Gasteiger partial charge on any atom is 0.234 e. The first-order valence-corrected chi connectivity index (χ1v) is 10.5. The second-order valence-electron chi connectivity index (χ2n) is 6.84. The van der Waals surface area contributed by atoms with Crippen molar-refractivity contribution in [2.75, 3.05) is 18.2 Å². The lowest BCUT2D eigenvalue weighted by molar-refractivity contribution is -0.113. The van der Waals surface area contributed by atoms with Crippen molar-refractivity contribution in [2.24, 2.45) is 0 Å². The van der Waals surface area contributed by atoms with Crippen LogP contribution in [-0.2, 0) is 11.3 Å². The molecular formula is C24H21FN2O2S. The number of nitrogens with one attached hydrogen (secondary N) is 1. The third kappa shape index (κ3) is 4.66. The predicted octanol–water partition coefficient (Wildman–Crippen LogP) is 5.57. The number of carbonyl (C=O) groups excluding carboxylic acids is 1. The van der Waals surface area contributed by atoms with Gasteiger partial charge < -0.3 is 14.6 Å². The maximum absolute atomic E-state index is 13.6. The van der Waals surface area contributed by atoms with Crippen LogP contribution in [0.3, 0.4) is 0 Å². The number of rotatable bonds is 7. The van der Waals surface area contributed by atoms with E-state index in [0.717, 1.165) is 21.4 Å². The number of methoxy groups -OCH3 is 1. The molecule has 4 rings (SSSR count). The molecule has 1 amide bonds. The topological polar surface area (TPSA) is 43.3 Å². The summed E-state index contributed by atoms with van der Waals surface area (Å²) in [6.45, 7) is 0.564. The van der Waals surface area contributed by atoms with E-state index in [4.69, 9.17) is 4.74 Å². The standard InChI is InChI=1S/C24H21FN2O2S/c1-29-20-9-5-8-19(13-20)26-24(28)16-30-23-15-27(22-11-3-2-10-21(22)23)14-17-6-4-7-18(25)12-17/h2-13,15H,14,16H2,1H3,(H,26,28). The minimum atomic E-state index is -0.243. The number of amides is 1. The highest BCUT2D eigenvalue weighted by Gasteiger charge is 2.12. The normalized spacial score (nSPS) is 10.9. The fraction of sp³-hybridized carbons (Fsp3) is 0.125. The summed E-state index contributed by atoms with van der Waals surface area (Å²) in [4.78, 5) is 13.5. The van der Waals surface area contributed by atoms with Gasteiger partial charge in [0, 0.05) is 40.3 Å². The van der Waals surface area contributed by atoms with Gasteiger partial charge in [-0.1, -0.05) is 36.4 Å². The molecule has 4 nitrogen and oxygen atoms in total. The fourth-order valence-corrected chi connectivity index (χ4v) is 4.22. The molecule has 0 spiro atoms. The number of para-hydroxylation sites is 1. The molecule has 30 heavy (non-hydrogen) atoms. The van der Waals surface area contributed by atoms with Crippen LogP contribution in [0.2, 0.25) is 0 Å². The van der Waals surface area contributed by atoms with Gasteiger partial charge in [-0.15, -0.1) is 11.8 Å². The van der Waals surface area contributed by atoms with Gasteiger partial charge in [0.15, 0.2) is 0 Å². The van der Waals surface area contributed by atoms with E-state index in [-0.39, 0.29) is 17.5 Å². The lowest BCUT2D eigenvalue weighted by Crippen LogP contribution is -2.13. The number of aromatic nitrogens is 1. The number of thioether (sulfide) groups is 1. The summed E-state index contributed by atoms with van der Waals surface area (Å²) in [5.74, 6) is 0.648. The molecule has 0 aliphatic heterocycles. The summed E-state index contributed by atoms with van der Waals surface area (Å²) in [7, 11) is 1.59. The first-order valence-electron chi connectivity index (χ1n) is 9.51. The van der Waals surface area contributed by atoms with Crippen LogP contribution in [0.1, 0.15) is 5.56 Å². The first-order chi connectivity index (χ1) is 14.6. The van der Waals surface area contributed by atoms with Crippen LogP contribution < -0.4 is 10.1 Å². The number of carbonyl (C=O) groups is 1. The molecule has 1 heterocycles. The second-order valence-corrected chi connectivity index (χ2v) is 7.85. The number of nitrogens with zero attached hydrogens (tertiary/aromatic N) is 1. The number of hydrogen-bond acceptors (Lipinski definition) is 3.